The Morgan fingerprint density at radius 3 is 1.38 bits per heavy atom. The van der Waals surface area contributed by atoms with Gasteiger partial charge in [0.2, 0.25) is 0 Å². The second-order valence-electron chi connectivity index (χ2n) is 11.1. The Morgan fingerprint density at radius 1 is 0.319 bits per heavy atom. The summed E-state index contributed by atoms with van der Waals surface area (Å²) in [6.07, 6.45) is 0. The van der Waals surface area contributed by atoms with Crippen LogP contribution in [0.3, 0.4) is 0 Å². The van der Waals surface area contributed by atoms with Crippen molar-refractivity contribution in [3.05, 3.63) is 200 Å². The van der Waals surface area contributed by atoms with Crippen LogP contribution in [0.1, 0.15) is 11.0 Å². The number of rotatable bonds is 7. The van der Waals surface area contributed by atoms with E-state index in [1.165, 1.54) is 4.90 Å². The van der Waals surface area contributed by atoms with Crippen LogP contribution < -0.4 is 4.90 Å². The van der Waals surface area contributed by atoms with Crippen LogP contribution in [0, 0.1) is 0 Å². The van der Waals surface area contributed by atoms with E-state index >= 15 is 0 Å². The van der Waals surface area contributed by atoms with Gasteiger partial charge in [-0.1, -0.05) is 164 Å². The van der Waals surface area contributed by atoms with Crippen molar-refractivity contribution in [2.75, 3.05) is 4.90 Å². The molecule has 0 aliphatic carbocycles. The summed E-state index contributed by atoms with van der Waals surface area (Å²) in [4.78, 5) is 1.34. The fourth-order valence-corrected chi connectivity index (χ4v) is 5.91. The summed E-state index contributed by atoms with van der Waals surface area (Å²) in [6, 6.07) is 44.1. The molecule has 0 amide bonds. The highest BCUT2D eigenvalue weighted by atomic mass is 15.1. The van der Waals surface area contributed by atoms with Gasteiger partial charge in [0.25, 0.3) is 0 Å². The molecule has 0 saturated heterocycles. The van der Waals surface area contributed by atoms with Crippen LogP contribution in [0.5, 0.6) is 0 Å². The van der Waals surface area contributed by atoms with Gasteiger partial charge in [-0.2, -0.15) is 0 Å². The predicted octanol–water partition coefficient (Wildman–Crippen LogP) is 13.0. The first-order valence-corrected chi connectivity index (χ1v) is 15.5. The summed E-state index contributed by atoms with van der Waals surface area (Å²) in [6.45, 7) is 0. The Hall–Kier alpha value is -6.18. The van der Waals surface area contributed by atoms with E-state index in [2.05, 4.69) is 0 Å². The SMILES string of the molecule is [2H]c1c([2H])c(N(c2ccc(-c3ccccc3)cc2)c2c([2H])c([2H])c(-c3c(-c4ccccc4)ccc4ccccc34)c([2H])c2[2H])c([2H])c([2H])c1-c1ccccc1. The summed E-state index contributed by atoms with van der Waals surface area (Å²) < 4.78 is 75.2. The molecule has 47 heavy (non-hydrogen) atoms. The lowest BCUT2D eigenvalue weighted by Gasteiger charge is -2.26. The van der Waals surface area contributed by atoms with Crippen LogP contribution in [-0.4, -0.2) is 0 Å². The molecule has 0 aliphatic rings. The highest BCUT2D eigenvalue weighted by Gasteiger charge is 2.16. The van der Waals surface area contributed by atoms with Crippen LogP contribution in [0.15, 0.2) is 200 Å². The molecule has 1 heteroatoms. The summed E-state index contributed by atoms with van der Waals surface area (Å²) in [7, 11) is 0. The van der Waals surface area contributed by atoms with Gasteiger partial charge in [0, 0.05) is 17.1 Å². The molecule has 0 heterocycles. The minimum atomic E-state index is -0.390. The van der Waals surface area contributed by atoms with Crippen LogP contribution in [-0.2, 0) is 0 Å². The molecule has 0 aliphatic heterocycles. The Bertz CT molecular complexity index is 2660. The number of hydrogen-bond donors (Lipinski definition) is 0. The maximum Gasteiger partial charge on any atom is 0.0645 e. The summed E-state index contributed by atoms with van der Waals surface area (Å²) >= 11 is 0. The molecule has 0 unspecified atom stereocenters. The van der Waals surface area contributed by atoms with Crippen LogP contribution in [0.25, 0.3) is 55.3 Å². The smallest absolute Gasteiger partial charge is 0.0645 e. The first-order chi connectivity index (χ1) is 26.7. The van der Waals surface area contributed by atoms with Gasteiger partial charge in [-0.05, 0) is 91.6 Å². The Labute approximate surface area is 287 Å². The van der Waals surface area contributed by atoms with E-state index in [-0.39, 0.29) is 70.8 Å². The zero-order valence-corrected chi connectivity index (χ0v) is 25.4. The minimum Gasteiger partial charge on any atom is -0.311 e. The molecule has 0 radical (unpaired) electrons. The topological polar surface area (TPSA) is 3.24 Å². The number of nitrogens with zero attached hydrogens (tertiary/aromatic N) is 1. The highest BCUT2D eigenvalue weighted by molar-refractivity contribution is 6.04. The first-order valence-electron chi connectivity index (χ1n) is 19.5. The molecule has 0 spiro atoms. The second kappa shape index (κ2) is 12.7. The van der Waals surface area contributed by atoms with Crippen molar-refractivity contribution in [2.45, 2.75) is 0 Å². The fraction of sp³-hybridized carbons (Fsp3) is 0. The van der Waals surface area contributed by atoms with Crippen molar-refractivity contribution in [2.24, 2.45) is 0 Å². The number of fused-ring (bicyclic) bond motifs is 1. The van der Waals surface area contributed by atoms with Gasteiger partial charge < -0.3 is 4.90 Å². The molecular formula is C46H33N. The summed E-state index contributed by atoms with van der Waals surface area (Å²) in [5, 5.41) is 1.64. The van der Waals surface area contributed by atoms with Gasteiger partial charge in [0.05, 0.1) is 11.0 Å². The molecular weight excluding hydrogens is 567 g/mol. The van der Waals surface area contributed by atoms with E-state index in [0.717, 1.165) is 33.0 Å². The van der Waals surface area contributed by atoms with E-state index in [1.54, 1.807) is 36.4 Å². The number of hydrogen-bond acceptors (Lipinski definition) is 1. The third-order valence-corrected chi connectivity index (χ3v) is 8.23. The molecule has 1 nitrogen and oxygen atoms in total. The second-order valence-corrected chi connectivity index (χ2v) is 11.1. The van der Waals surface area contributed by atoms with Gasteiger partial charge in [0.1, 0.15) is 0 Å². The van der Waals surface area contributed by atoms with Gasteiger partial charge in [0.15, 0.2) is 0 Å². The van der Waals surface area contributed by atoms with E-state index in [4.69, 9.17) is 2.74 Å². The highest BCUT2D eigenvalue weighted by Crippen LogP contribution is 2.41. The Balaban J connectivity index is 1.42. The zero-order chi connectivity index (χ0) is 38.4. The molecule has 0 aromatic heterocycles. The van der Waals surface area contributed by atoms with Crippen LogP contribution in [0.2, 0.25) is 0 Å². The monoisotopic (exact) mass is 607 g/mol. The molecule has 0 atom stereocenters. The van der Waals surface area contributed by atoms with Crippen LogP contribution in [0.4, 0.5) is 17.1 Å². The molecule has 0 saturated carbocycles. The molecule has 0 N–H and O–H groups in total. The third-order valence-electron chi connectivity index (χ3n) is 8.23. The number of benzene rings is 8. The van der Waals surface area contributed by atoms with Crippen molar-refractivity contribution in [3.63, 3.8) is 0 Å². The fourth-order valence-electron chi connectivity index (χ4n) is 5.91. The molecule has 8 aromatic carbocycles. The summed E-state index contributed by atoms with van der Waals surface area (Å²) in [5.41, 5.74) is 4.71. The molecule has 8 rings (SSSR count). The van der Waals surface area contributed by atoms with Crippen LogP contribution >= 0.6 is 0 Å². The van der Waals surface area contributed by atoms with Gasteiger partial charge in [-0.15, -0.1) is 0 Å². The third kappa shape index (κ3) is 5.72. The average molecular weight is 608 g/mol. The normalized spacial score (nSPS) is 13.4. The van der Waals surface area contributed by atoms with Crippen molar-refractivity contribution in [3.8, 4) is 44.5 Å². The summed E-state index contributed by atoms with van der Waals surface area (Å²) in [5.74, 6) is 0. The predicted molar refractivity (Wildman–Crippen MR) is 200 cm³/mol. The van der Waals surface area contributed by atoms with Crippen molar-refractivity contribution >= 4 is 27.8 Å². The lowest BCUT2D eigenvalue weighted by Crippen LogP contribution is -2.09. The van der Waals surface area contributed by atoms with E-state index in [9.17, 15) is 8.22 Å². The van der Waals surface area contributed by atoms with Gasteiger partial charge >= 0.3 is 0 Å². The molecule has 222 valence electrons. The molecule has 8 aromatic rings. The van der Waals surface area contributed by atoms with Crippen molar-refractivity contribution in [1.29, 1.82) is 0 Å². The largest absolute Gasteiger partial charge is 0.311 e. The van der Waals surface area contributed by atoms with Gasteiger partial charge in [-0.3, -0.25) is 0 Å². The number of anilines is 3. The lowest BCUT2D eigenvalue weighted by molar-refractivity contribution is 1.28. The Morgan fingerprint density at radius 2 is 0.787 bits per heavy atom. The van der Waals surface area contributed by atoms with Gasteiger partial charge in [-0.25, -0.2) is 0 Å². The minimum absolute atomic E-state index is 0.118. The standard InChI is InChI=1S/C46H33N/c1-4-12-34(13-5-1)36-20-27-41(28-21-36)47(42-29-22-37(23-30-42)35-14-6-2-7-15-35)43-31-24-40(25-32-43)46-44-19-11-10-18-39(44)26-33-45(46)38-16-8-3-9-17-38/h1-33H/i20D,21D,24D,25D,27D,28D,31D,32D. The van der Waals surface area contributed by atoms with E-state index in [1.807, 2.05) is 115 Å². The quantitative estimate of drug-likeness (QED) is 0.174. The maximum absolute atomic E-state index is 9.59. The molecule has 0 fully saturated rings. The maximum atomic E-state index is 9.59. The average Bonchev–Trinajstić information content (AvgIpc) is 3.23. The lowest BCUT2D eigenvalue weighted by atomic mass is 9.89. The van der Waals surface area contributed by atoms with Crippen molar-refractivity contribution in [1.82, 2.24) is 0 Å². The van der Waals surface area contributed by atoms with Crippen molar-refractivity contribution < 1.29 is 11.0 Å². The first kappa shape index (κ1) is 20.8. The van der Waals surface area contributed by atoms with E-state index in [0.29, 0.717) is 16.8 Å². The molecule has 0 bridgehead atoms. The zero-order valence-electron chi connectivity index (χ0n) is 33.4. The Kier molecular flexibility index (Phi) is 5.60. The van der Waals surface area contributed by atoms with E-state index < -0.39 is 0 Å².